The summed E-state index contributed by atoms with van der Waals surface area (Å²) in [6, 6.07) is 9.42. The molecule has 2 saturated carbocycles. The van der Waals surface area contributed by atoms with Gasteiger partial charge in [-0.05, 0) is 49.8 Å². The van der Waals surface area contributed by atoms with Gasteiger partial charge in [0.1, 0.15) is 0 Å². The van der Waals surface area contributed by atoms with Crippen molar-refractivity contribution in [1.29, 1.82) is 0 Å². The van der Waals surface area contributed by atoms with Gasteiger partial charge in [-0.15, -0.1) is 0 Å². The Morgan fingerprint density at radius 2 is 1.95 bits per heavy atom. The van der Waals surface area contributed by atoms with Crippen molar-refractivity contribution >= 4 is 15.9 Å². The fraction of sp³-hybridized carbons (Fsp3) is 0.667. The summed E-state index contributed by atoms with van der Waals surface area (Å²) in [5.41, 5.74) is 1.90. The second-order valence-electron chi connectivity index (χ2n) is 7.13. The van der Waals surface area contributed by atoms with Gasteiger partial charge in [0.2, 0.25) is 0 Å². The van der Waals surface area contributed by atoms with Gasteiger partial charge in [0.25, 0.3) is 0 Å². The number of hydrogen-bond donors (Lipinski definition) is 1. The van der Waals surface area contributed by atoms with Crippen LogP contribution in [0.1, 0.15) is 44.1 Å². The molecule has 0 bridgehead atoms. The molecule has 2 aliphatic rings. The maximum Gasteiger partial charge on any atom is 0.0242 e. The summed E-state index contributed by atoms with van der Waals surface area (Å²) in [5, 5.41) is 3.78. The first-order valence-corrected chi connectivity index (χ1v) is 9.12. The lowest BCUT2D eigenvalue weighted by atomic mass is 9.85. The Morgan fingerprint density at radius 1 is 1.24 bits per heavy atom. The number of hydrogen-bond acceptors (Lipinski definition) is 2. The second-order valence-corrected chi connectivity index (χ2v) is 7.98. The van der Waals surface area contributed by atoms with Crippen LogP contribution in [0.3, 0.4) is 0 Å². The van der Waals surface area contributed by atoms with Gasteiger partial charge in [-0.2, -0.15) is 0 Å². The summed E-state index contributed by atoms with van der Waals surface area (Å²) in [6.07, 6.45) is 8.40. The monoisotopic (exact) mass is 350 g/mol. The highest BCUT2D eigenvalue weighted by atomic mass is 79.9. The van der Waals surface area contributed by atoms with Crippen molar-refractivity contribution in [3.63, 3.8) is 0 Å². The van der Waals surface area contributed by atoms with Crippen LogP contribution in [0.5, 0.6) is 0 Å². The van der Waals surface area contributed by atoms with E-state index in [1.54, 1.807) is 0 Å². The third-order valence-corrected chi connectivity index (χ3v) is 5.78. The van der Waals surface area contributed by atoms with Gasteiger partial charge in [0.15, 0.2) is 0 Å². The van der Waals surface area contributed by atoms with Crippen LogP contribution >= 0.6 is 15.9 Å². The molecule has 1 aromatic rings. The molecule has 0 aromatic heterocycles. The molecule has 0 saturated heterocycles. The Hall–Kier alpha value is -0.380. The number of benzene rings is 1. The molecule has 0 unspecified atom stereocenters. The first-order chi connectivity index (χ1) is 10.2. The minimum atomic E-state index is 0.512. The first kappa shape index (κ1) is 15.5. The molecule has 0 radical (unpaired) electrons. The molecule has 0 heterocycles. The molecule has 116 valence electrons. The van der Waals surface area contributed by atoms with Gasteiger partial charge in [0, 0.05) is 30.1 Å². The van der Waals surface area contributed by atoms with Crippen molar-refractivity contribution < 1.29 is 0 Å². The number of rotatable bonds is 7. The molecule has 3 rings (SSSR count). The normalized spacial score (nSPS) is 21.1. The smallest absolute Gasteiger partial charge is 0.0242 e. The van der Waals surface area contributed by atoms with Crippen LogP contribution in [-0.2, 0) is 6.54 Å². The molecule has 2 fully saturated rings. The van der Waals surface area contributed by atoms with Crippen molar-refractivity contribution in [3.8, 4) is 0 Å². The highest BCUT2D eigenvalue weighted by molar-refractivity contribution is 9.10. The van der Waals surface area contributed by atoms with Crippen molar-refractivity contribution in [3.05, 3.63) is 34.3 Å². The molecule has 1 aromatic carbocycles. The van der Waals surface area contributed by atoms with E-state index in [2.05, 4.69) is 57.5 Å². The first-order valence-electron chi connectivity index (χ1n) is 8.32. The summed E-state index contributed by atoms with van der Waals surface area (Å²) >= 11 is 3.67. The van der Waals surface area contributed by atoms with Gasteiger partial charge in [-0.1, -0.05) is 47.0 Å². The van der Waals surface area contributed by atoms with Gasteiger partial charge in [-0.25, -0.2) is 0 Å². The number of nitrogens with zero attached hydrogens (tertiary/aromatic N) is 1. The van der Waals surface area contributed by atoms with Crippen LogP contribution in [0.15, 0.2) is 28.7 Å². The predicted octanol–water partition coefficient (Wildman–Crippen LogP) is 4.19. The van der Waals surface area contributed by atoms with Gasteiger partial charge in [0.05, 0.1) is 0 Å². The van der Waals surface area contributed by atoms with Crippen LogP contribution in [-0.4, -0.2) is 31.1 Å². The molecule has 2 aliphatic carbocycles. The van der Waals surface area contributed by atoms with E-state index in [4.69, 9.17) is 0 Å². The molecular formula is C18H27BrN2. The topological polar surface area (TPSA) is 15.3 Å². The molecule has 0 aliphatic heterocycles. The summed E-state index contributed by atoms with van der Waals surface area (Å²) in [4.78, 5) is 2.51. The Kier molecular flexibility index (Phi) is 5.03. The third-order valence-electron chi connectivity index (χ3n) is 5.01. The maximum atomic E-state index is 3.78. The van der Waals surface area contributed by atoms with E-state index in [1.165, 1.54) is 61.7 Å². The molecule has 0 spiro atoms. The highest BCUT2D eigenvalue weighted by Crippen LogP contribution is 2.39. The van der Waals surface area contributed by atoms with E-state index in [0.717, 1.165) is 12.6 Å². The van der Waals surface area contributed by atoms with Crippen LogP contribution in [0.25, 0.3) is 0 Å². The summed E-state index contributed by atoms with van der Waals surface area (Å²) in [5.74, 6) is 0. The van der Waals surface area contributed by atoms with Crippen LogP contribution in [0, 0.1) is 5.41 Å². The minimum absolute atomic E-state index is 0.512. The van der Waals surface area contributed by atoms with Crippen LogP contribution in [0.2, 0.25) is 0 Å². The van der Waals surface area contributed by atoms with Crippen molar-refractivity contribution in [2.24, 2.45) is 5.41 Å². The summed E-state index contributed by atoms with van der Waals surface area (Å²) in [7, 11) is 2.27. The lowest BCUT2D eigenvalue weighted by Gasteiger charge is -2.34. The largest absolute Gasteiger partial charge is 0.313 e. The second kappa shape index (κ2) is 6.80. The van der Waals surface area contributed by atoms with E-state index in [-0.39, 0.29) is 0 Å². The number of halogens is 1. The Bertz CT molecular complexity index is 464. The van der Waals surface area contributed by atoms with E-state index in [1.807, 2.05) is 0 Å². The van der Waals surface area contributed by atoms with Gasteiger partial charge < -0.3 is 10.2 Å². The molecule has 3 heteroatoms. The van der Waals surface area contributed by atoms with Gasteiger partial charge in [-0.3, -0.25) is 0 Å². The van der Waals surface area contributed by atoms with Crippen LogP contribution in [0.4, 0.5) is 0 Å². The van der Waals surface area contributed by atoms with Crippen molar-refractivity contribution in [2.75, 3.05) is 20.1 Å². The molecule has 2 nitrogen and oxygen atoms in total. The lowest BCUT2D eigenvalue weighted by molar-refractivity contribution is 0.167. The summed E-state index contributed by atoms with van der Waals surface area (Å²) < 4.78 is 1.23. The highest BCUT2D eigenvalue weighted by Gasteiger charge is 2.36. The average molecular weight is 351 g/mol. The molecular weight excluding hydrogens is 324 g/mol. The zero-order valence-electron chi connectivity index (χ0n) is 13.1. The van der Waals surface area contributed by atoms with E-state index < -0.39 is 0 Å². The third kappa shape index (κ3) is 4.30. The Morgan fingerprint density at radius 3 is 2.62 bits per heavy atom. The standard InChI is InChI=1S/C18H27BrN2/c1-21(12-15-6-2-3-7-17(15)19)14-18(10-4-5-11-18)13-20-16-8-9-16/h2-3,6-7,16,20H,4-5,8-14H2,1H3. The Balaban J connectivity index is 1.58. The molecule has 0 atom stereocenters. The fourth-order valence-corrected chi connectivity index (χ4v) is 4.12. The quantitative estimate of drug-likeness (QED) is 0.792. The number of nitrogens with one attached hydrogen (secondary N) is 1. The zero-order chi connectivity index (χ0) is 14.7. The molecule has 0 amide bonds. The average Bonchev–Trinajstić information content (AvgIpc) is 3.19. The molecule has 21 heavy (non-hydrogen) atoms. The SMILES string of the molecule is CN(Cc1ccccc1Br)CC1(CNC2CC2)CCCC1. The van der Waals surface area contributed by atoms with Gasteiger partial charge >= 0.3 is 0 Å². The van der Waals surface area contributed by atoms with E-state index in [0.29, 0.717) is 5.41 Å². The predicted molar refractivity (Wildman–Crippen MR) is 92.4 cm³/mol. The minimum Gasteiger partial charge on any atom is -0.313 e. The zero-order valence-corrected chi connectivity index (χ0v) is 14.7. The van der Waals surface area contributed by atoms with Crippen molar-refractivity contribution in [1.82, 2.24) is 10.2 Å². The fourth-order valence-electron chi connectivity index (χ4n) is 3.71. The lowest BCUT2D eigenvalue weighted by Crippen LogP contribution is -2.41. The van der Waals surface area contributed by atoms with E-state index >= 15 is 0 Å². The van der Waals surface area contributed by atoms with Crippen LogP contribution < -0.4 is 5.32 Å². The van der Waals surface area contributed by atoms with Crippen molar-refractivity contribution in [2.45, 2.75) is 51.1 Å². The van der Waals surface area contributed by atoms with E-state index in [9.17, 15) is 0 Å². The summed E-state index contributed by atoms with van der Waals surface area (Å²) in [6.45, 7) is 3.47. The molecule has 1 N–H and O–H groups in total. The Labute approximate surface area is 137 Å². The maximum absolute atomic E-state index is 3.78.